The summed E-state index contributed by atoms with van der Waals surface area (Å²) in [6.07, 6.45) is 1.73. The van der Waals surface area contributed by atoms with E-state index in [0.29, 0.717) is 5.75 Å². The van der Waals surface area contributed by atoms with Crippen molar-refractivity contribution in [3.8, 4) is 11.5 Å². The van der Waals surface area contributed by atoms with E-state index in [-0.39, 0.29) is 31.0 Å². The molecule has 174 valence electrons. The highest BCUT2D eigenvalue weighted by molar-refractivity contribution is 9.10. The Kier molecular flexibility index (Phi) is 10.0. The molecule has 2 aromatic rings. The number of benzene rings is 2. The second kappa shape index (κ2) is 12.5. The number of methoxy groups -OCH3 is 1. The van der Waals surface area contributed by atoms with Crippen molar-refractivity contribution >= 4 is 27.7 Å². The third-order valence-corrected chi connectivity index (χ3v) is 6.06. The van der Waals surface area contributed by atoms with Crippen LogP contribution < -0.4 is 14.8 Å². The van der Waals surface area contributed by atoms with Gasteiger partial charge in [0.25, 0.3) is 5.91 Å². The largest absolute Gasteiger partial charge is 0.497 e. The highest BCUT2D eigenvalue weighted by atomic mass is 79.9. The Hall–Kier alpha value is -2.54. The summed E-state index contributed by atoms with van der Waals surface area (Å²) in [5.41, 5.74) is 2.07. The predicted molar refractivity (Wildman–Crippen MR) is 130 cm³/mol. The van der Waals surface area contributed by atoms with Crippen LogP contribution >= 0.6 is 15.9 Å². The molecule has 0 saturated heterocycles. The van der Waals surface area contributed by atoms with Gasteiger partial charge < -0.3 is 19.7 Å². The first-order valence-corrected chi connectivity index (χ1v) is 11.7. The molecule has 0 aliphatic heterocycles. The SMILES string of the molecule is CCc1ccc(OCC(=O)N(Cc2ccc(OC)cc2)C(C)C(=O)NC(C)CC)c(Br)c1. The van der Waals surface area contributed by atoms with Gasteiger partial charge >= 0.3 is 0 Å². The Bertz CT molecular complexity index is 901. The monoisotopic (exact) mass is 504 g/mol. The minimum atomic E-state index is -0.645. The van der Waals surface area contributed by atoms with Crippen LogP contribution in [0.5, 0.6) is 11.5 Å². The first kappa shape index (κ1) is 25.7. The van der Waals surface area contributed by atoms with Crippen LogP contribution in [-0.2, 0) is 22.6 Å². The normalized spacial score (nSPS) is 12.6. The third-order valence-electron chi connectivity index (χ3n) is 5.44. The Morgan fingerprint density at radius 1 is 1.06 bits per heavy atom. The Balaban J connectivity index is 2.17. The molecule has 6 nitrogen and oxygen atoms in total. The number of hydrogen-bond acceptors (Lipinski definition) is 4. The quantitative estimate of drug-likeness (QED) is 0.480. The molecule has 0 aliphatic rings. The molecule has 0 heterocycles. The highest BCUT2D eigenvalue weighted by Gasteiger charge is 2.27. The van der Waals surface area contributed by atoms with Crippen molar-refractivity contribution in [2.45, 2.75) is 59.2 Å². The second-order valence-electron chi connectivity index (χ2n) is 7.77. The summed E-state index contributed by atoms with van der Waals surface area (Å²) < 4.78 is 11.8. The molecule has 2 unspecified atom stereocenters. The van der Waals surface area contributed by atoms with Gasteiger partial charge in [-0.05, 0) is 78.0 Å². The number of aryl methyl sites for hydroxylation is 1. The fraction of sp³-hybridized carbons (Fsp3) is 0.440. The van der Waals surface area contributed by atoms with E-state index in [9.17, 15) is 9.59 Å². The predicted octanol–water partition coefficient (Wildman–Crippen LogP) is 4.73. The summed E-state index contributed by atoms with van der Waals surface area (Å²) in [6.45, 7) is 7.89. The lowest BCUT2D eigenvalue weighted by molar-refractivity contribution is -0.142. The molecule has 0 aliphatic carbocycles. The maximum atomic E-state index is 13.2. The second-order valence-corrected chi connectivity index (χ2v) is 8.62. The van der Waals surface area contributed by atoms with Crippen molar-refractivity contribution in [3.63, 3.8) is 0 Å². The maximum Gasteiger partial charge on any atom is 0.261 e. The highest BCUT2D eigenvalue weighted by Crippen LogP contribution is 2.26. The summed E-state index contributed by atoms with van der Waals surface area (Å²) in [6, 6.07) is 12.6. The van der Waals surface area contributed by atoms with E-state index in [1.54, 1.807) is 18.9 Å². The van der Waals surface area contributed by atoms with Crippen molar-refractivity contribution < 1.29 is 19.1 Å². The smallest absolute Gasteiger partial charge is 0.261 e. The molecular formula is C25H33BrN2O4. The number of carbonyl (C=O) groups excluding carboxylic acids is 2. The minimum Gasteiger partial charge on any atom is -0.497 e. The minimum absolute atomic E-state index is 0.0344. The number of amides is 2. The lowest BCUT2D eigenvalue weighted by atomic mass is 10.1. The summed E-state index contributed by atoms with van der Waals surface area (Å²) in [5.74, 6) is 0.878. The number of hydrogen-bond donors (Lipinski definition) is 1. The number of rotatable bonds is 11. The molecule has 0 bridgehead atoms. The van der Waals surface area contributed by atoms with Crippen LogP contribution in [0.2, 0.25) is 0 Å². The topological polar surface area (TPSA) is 67.9 Å². The van der Waals surface area contributed by atoms with E-state index < -0.39 is 6.04 Å². The van der Waals surface area contributed by atoms with Gasteiger partial charge in [0.1, 0.15) is 17.5 Å². The Morgan fingerprint density at radius 3 is 2.28 bits per heavy atom. The number of carbonyl (C=O) groups is 2. The Labute approximate surface area is 199 Å². The molecule has 1 N–H and O–H groups in total. The zero-order valence-electron chi connectivity index (χ0n) is 19.5. The number of halogens is 1. The number of ether oxygens (including phenoxy) is 2. The molecule has 2 amide bonds. The third kappa shape index (κ3) is 7.26. The number of nitrogens with one attached hydrogen (secondary N) is 1. The summed E-state index contributed by atoms with van der Waals surface area (Å²) in [7, 11) is 1.61. The van der Waals surface area contributed by atoms with Gasteiger partial charge in [-0.25, -0.2) is 0 Å². The standard InChI is InChI=1S/C25H33BrN2O4/c1-6-17(3)27-25(30)18(4)28(15-20-8-11-21(31-5)12-9-20)24(29)16-32-23-13-10-19(7-2)14-22(23)26/h8-14,17-18H,6-7,15-16H2,1-5H3,(H,27,30). The van der Waals surface area contributed by atoms with Crippen LogP contribution in [0, 0.1) is 0 Å². The van der Waals surface area contributed by atoms with Crippen molar-refractivity contribution in [2.24, 2.45) is 0 Å². The molecule has 0 saturated carbocycles. The van der Waals surface area contributed by atoms with Crippen molar-refractivity contribution in [1.29, 1.82) is 0 Å². The molecule has 0 fully saturated rings. The van der Waals surface area contributed by atoms with Crippen LogP contribution in [0.15, 0.2) is 46.9 Å². The molecule has 2 rings (SSSR count). The van der Waals surface area contributed by atoms with E-state index in [1.807, 2.05) is 56.3 Å². The summed E-state index contributed by atoms with van der Waals surface area (Å²) in [5, 5.41) is 2.96. The van der Waals surface area contributed by atoms with Crippen LogP contribution in [0.3, 0.4) is 0 Å². The van der Waals surface area contributed by atoms with Crippen LogP contribution in [-0.4, -0.2) is 42.5 Å². The first-order valence-electron chi connectivity index (χ1n) is 10.9. The van der Waals surface area contributed by atoms with Gasteiger partial charge in [-0.3, -0.25) is 9.59 Å². The van der Waals surface area contributed by atoms with Gasteiger partial charge in [0.2, 0.25) is 5.91 Å². The van der Waals surface area contributed by atoms with Crippen LogP contribution in [0.4, 0.5) is 0 Å². The zero-order valence-corrected chi connectivity index (χ0v) is 21.1. The van der Waals surface area contributed by atoms with Gasteiger partial charge in [-0.15, -0.1) is 0 Å². The first-order chi connectivity index (χ1) is 15.3. The molecule has 0 aromatic heterocycles. The van der Waals surface area contributed by atoms with Gasteiger partial charge in [-0.1, -0.05) is 32.0 Å². The molecule has 0 spiro atoms. The number of nitrogens with zero attached hydrogens (tertiary/aromatic N) is 1. The molecular weight excluding hydrogens is 472 g/mol. The summed E-state index contributed by atoms with van der Waals surface area (Å²) >= 11 is 3.50. The van der Waals surface area contributed by atoms with E-state index >= 15 is 0 Å². The van der Waals surface area contributed by atoms with Crippen molar-refractivity contribution in [2.75, 3.05) is 13.7 Å². The molecule has 2 atom stereocenters. The van der Waals surface area contributed by atoms with Crippen molar-refractivity contribution in [1.82, 2.24) is 10.2 Å². The van der Waals surface area contributed by atoms with Crippen LogP contribution in [0.1, 0.15) is 45.2 Å². The van der Waals surface area contributed by atoms with E-state index in [0.717, 1.165) is 28.6 Å². The van der Waals surface area contributed by atoms with Gasteiger partial charge in [-0.2, -0.15) is 0 Å². The van der Waals surface area contributed by atoms with E-state index in [1.165, 1.54) is 5.56 Å². The summed E-state index contributed by atoms with van der Waals surface area (Å²) in [4.78, 5) is 27.5. The Morgan fingerprint density at radius 2 is 1.72 bits per heavy atom. The average Bonchev–Trinajstić information content (AvgIpc) is 2.81. The van der Waals surface area contributed by atoms with E-state index in [4.69, 9.17) is 9.47 Å². The van der Waals surface area contributed by atoms with Crippen molar-refractivity contribution in [3.05, 3.63) is 58.1 Å². The van der Waals surface area contributed by atoms with Gasteiger partial charge in [0, 0.05) is 12.6 Å². The molecule has 32 heavy (non-hydrogen) atoms. The maximum absolute atomic E-state index is 13.2. The fourth-order valence-corrected chi connectivity index (χ4v) is 3.62. The van der Waals surface area contributed by atoms with Crippen LogP contribution in [0.25, 0.3) is 0 Å². The zero-order chi connectivity index (χ0) is 23.7. The molecule has 0 radical (unpaired) electrons. The molecule has 2 aromatic carbocycles. The molecule has 7 heteroatoms. The fourth-order valence-electron chi connectivity index (χ4n) is 3.08. The lowest BCUT2D eigenvalue weighted by Gasteiger charge is -2.29. The van der Waals surface area contributed by atoms with Gasteiger partial charge in [0.05, 0.1) is 11.6 Å². The van der Waals surface area contributed by atoms with Gasteiger partial charge in [0.15, 0.2) is 6.61 Å². The average molecular weight is 505 g/mol. The van der Waals surface area contributed by atoms with E-state index in [2.05, 4.69) is 28.2 Å². The lowest BCUT2D eigenvalue weighted by Crippen LogP contribution is -2.50.